The van der Waals surface area contributed by atoms with E-state index >= 15 is 0 Å². The molecule has 1 aliphatic carbocycles. The van der Waals surface area contributed by atoms with Crippen molar-refractivity contribution in [2.24, 2.45) is 5.92 Å². The molecule has 0 radical (unpaired) electrons. The number of aryl methyl sites for hydroxylation is 3. The zero-order valence-corrected chi connectivity index (χ0v) is 17.8. The molecule has 1 N–H and O–H groups in total. The van der Waals surface area contributed by atoms with Crippen molar-refractivity contribution in [1.29, 1.82) is 0 Å². The molecule has 1 fully saturated rings. The van der Waals surface area contributed by atoms with Gasteiger partial charge >= 0.3 is 5.97 Å². The van der Waals surface area contributed by atoms with Gasteiger partial charge in [0.25, 0.3) is 0 Å². The summed E-state index contributed by atoms with van der Waals surface area (Å²) in [6.07, 6.45) is 3.50. The van der Waals surface area contributed by atoms with Crippen molar-refractivity contribution in [3.05, 3.63) is 53.1 Å². The summed E-state index contributed by atoms with van der Waals surface area (Å²) in [5.74, 6) is -0.561. The Hall–Kier alpha value is -3.35. The molecule has 0 aromatic heterocycles. The third-order valence-electron chi connectivity index (χ3n) is 5.93. The third kappa shape index (κ3) is 4.55. The van der Waals surface area contributed by atoms with Crippen LogP contribution in [0, 0.1) is 12.8 Å². The van der Waals surface area contributed by atoms with Gasteiger partial charge < -0.3 is 19.7 Å². The van der Waals surface area contributed by atoms with Gasteiger partial charge in [-0.1, -0.05) is 6.07 Å². The SMILES string of the molecule is COC(=O)COc1ccc(NC(=O)C2CC(=O)N(c3ccc4c(c3)CCC4)C2)c(C)c1. The van der Waals surface area contributed by atoms with Crippen LogP contribution in [0.15, 0.2) is 36.4 Å². The Balaban J connectivity index is 1.39. The molecule has 7 nitrogen and oxygen atoms in total. The zero-order valence-electron chi connectivity index (χ0n) is 17.8. The van der Waals surface area contributed by atoms with E-state index < -0.39 is 11.9 Å². The number of amides is 2. The maximum atomic E-state index is 12.8. The Morgan fingerprint density at radius 3 is 2.71 bits per heavy atom. The summed E-state index contributed by atoms with van der Waals surface area (Å²) in [5, 5.41) is 2.92. The van der Waals surface area contributed by atoms with Gasteiger partial charge in [-0.2, -0.15) is 0 Å². The summed E-state index contributed by atoms with van der Waals surface area (Å²) in [7, 11) is 1.30. The van der Waals surface area contributed by atoms with Gasteiger partial charge in [0.2, 0.25) is 11.8 Å². The highest BCUT2D eigenvalue weighted by Gasteiger charge is 2.35. The van der Waals surface area contributed by atoms with E-state index in [1.807, 2.05) is 13.0 Å². The molecule has 1 heterocycles. The van der Waals surface area contributed by atoms with Gasteiger partial charge in [-0.3, -0.25) is 9.59 Å². The summed E-state index contributed by atoms with van der Waals surface area (Å²) in [6, 6.07) is 11.3. The quantitative estimate of drug-likeness (QED) is 0.724. The lowest BCUT2D eigenvalue weighted by atomic mass is 10.1. The van der Waals surface area contributed by atoms with Crippen molar-refractivity contribution < 1.29 is 23.9 Å². The van der Waals surface area contributed by atoms with Gasteiger partial charge in [-0.05, 0) is 73.2 Å². The highest BCUT2D eigenvalue weighted by Crippen LogP contribution is 2.31. The minimum Gasteiger partial charge on any atom is -0.482 e. The normalized spacial score (nSPS) is 17.4. The lowest BCUT2D eigenvalue weighted by molar-refractivity contribution is -0.142. The number of carbonyl (C=O) groups is 3. The molecule has 0 saturated carbocycles. The second kappa shape index (κ2) is 8.79. The predicted octanol–water partition coefficient (Wildman–Crippen LogP) is 3.03. The number of fused-ring (bicyclic) bond motifs is 1. The molecule has 1 atom stereocenters. The molecule has 1 unspecified atom stereocenters. The molecular formula is C24H26N2O5. The van der Waals surface area contributed by atoms with E-state index in [0.717, 1.165) is 30.5 Å². The van der Waals surface area contributed by atoms with Crippen molar-refractivity contribution in [3.63, 3.8) is 0 Å². The van der Waals surface area contributed by atoms with Crippen LogP contribution in [0.1, 0.15) is 29.5 Å². The first kappa shape index (κ1) is 20.9. The largest absolute Gasteiger partial charge is 0.482 e. The van der Waals surface area contributed by atoms with E-state index in [1.54, 1.807) is 23.1 Å². The molecule has 0 spiro atoms. The molecule has 1 aliphatic heterocycles. The number of ether oxygens (including phenoxy) is 2. The molecule has 2 aromatic carbocycles. The Labute approximate surface area is 181 Å². The van der Waals surface area contributed by atoms with Crippen LogP contribution in [0.4, 0.5) is 11.4 Å². The van der Waals surface area contributed by atoms with Crippen LogP contribution in [0.25, 0.3) is 0 Å². The average Bonchev–Trinajstić information content (AvgIpc) is 3.39. The van der Waals surface area contributed by atoms with Crippen molar-refractivity contribution >= 4 is 29.2 Å². The average molecular weight is 422 g/mol. The van der Waals surface area contributed by atoms with Crippen LogP contribution < -0.4 is 15.0 Å². The zero-order chi connectivity index (χ0) is 22.0. The van der Waals surface area contributed by atoms with Crippen molar-refractivity contribution in [2.75, 3.05) is 30.5 Å². The van der Waals surface area contributed by atoms with E-state index in [4.69, 9.17) is 4.74 Å². The Morgan fingerprint density at radius 1 is 1.13 bits per heavy atom. The number of hydrogen-bond acceptors (Lipinski definition) is 5. The second-order valence-electron chi connectivity index (χ2n) is 8.04. The highest BCUT2D eigenvalue weighted by atomic mass is 16.6. The van der Waals surface area contributed by atoms with Crippen LogP contribution in [-0.2, 0) is 32.0 Å². The molecule has 31 heavy (non-hydrogen) atoms. The van der Waals surface area contributed by atoms with Gasteiger partial charge in [0.15, 0.2) is 6.61 Å². The number of anilines is 2. The topological polar surface area (TPSA) is 84.9 Å². The number of hydrogen-bond donors (Lipinski definition) is 1. The fourth-order valence-corrected chi connectivity index (χ4v) is 4.16. The highest BCUT2D eigenvalue weighted by molar-refractivity contribution is 6.03. The molecule has 4 rings (SSSR count). The van der Waals surface area contributed by atoms with Crippen LogP contribution in [0.5, 0.6) is 5.75 Å². The smallest absolute Gasteiger partial charge is 0.343 e. The summed E-state index contributed by atoms with van der Waals surface area (Å²) in [4.78, 5) is 38.4. The number of rotatable bonds is 6. The van der Waals surface area contributed by atoms with E-state index in [-0.39, 0.29) is 24.8 Å². The molecule has 1 saturated heterocycles. The van der Waals surface area contributed by atoms with Gasteiger partial charge in [0.05, 0.1) is 13.0 Å². The van der Waals surface area contributed by atoms with Crippen LogP contribution in [0.2, 0.25) is 0 Å². The van der Waals surface area contributed by atoms with Crippen LogP contribution in [-0.4, -0.2) is 38.0 Å². The van der Waals surface area contributed by atoms with E-state index in [0.29, 0.717) is 18.0 Å². The third-order valence-corrected chi connectivity index (χ3v) is 5.93. The maximum absolute atomic E-state index is 12.8. The maximum Gasteiger partial charge on any atom is 0.343 e. The van der Waals surface area contributed by atoms with Gasteiger partial charge in [0, 0.05) is 24.3 Å². The Bertz CT molecular complexity index is 1030. The van der Waals surface area contributed by atoms with E-state index in [9.17, 15) is 14.4 Å². The number of nitrogens with zero attached hydrogens (tertiary/aromatic N) is 1. The number of esters is 1. The molecule has 0 bridgehead atoms. The predicted molar refractivity (Wildman–Crippen MR) is 116 cm³/mol. The summed E-state index contributed by atoms with van der Waals surface area (Å²) < 4.78 is 9.92. The molecule has 162 valence electrons. The monoisotopic (exact) mass is 422 g/mol. The number of nitrogens with one attached hydrogen (secondary N) is 1. The Kier molecular flexibility index (Phi) is 5.93. The second-order valence-corrected chi connectivity index (χ2v) is 8.04. The first-order chi connectivity index (χ1) is 14.9. The van der Waals surface area contributed by atoms with Gasteiger partial charge in [-0.15, -0.1) is 0 Å². The van der Waals surface area contributed by atoms with Crippen LogP contribution in [0.3, 0.4) is 0 Å². The number of benzene rings is 2. The minimum absolute atomic E-state index is 0.0265. The fourth-order valence-electron chi connectivity index (χ4n) is 4.16. The van der Waals surface area contributed by atoms with Crippen molar-refractivity contribution in [1.82, 2.24) is 0 Å². The Morgan fingerprint density at radius 2 is 1.94 bits per heavy atom. The molecule has 2 aliphatic rings. The minimum atomic E-state index is -0.464. The summed E-state index contributed by atoms with van der Waals surface area (Å²) >= 11 is 0. The number of carbonyl (C=O) groups excluding carboxylic acids is 3. The lowest BCUT2D eigenvalue weighted by Gasteiger charge is -2.18. The first-order valence-electron chi connectivity index (χ1n) is 10.5. The summed E-state index contributed by atoms with van der Waals surface area (Å²) in [6.45, 7) is 2.05. The summed E-state index contributed by atoms with van der Waals surface area (Å²) in [5.41, 5.74) is 5.00. The van der Waals surface area contributed by atoms with Crippen LogP contribution >= 0.6 is 0 Å². The molecular weight excluding hydrogens is 396 g/mol. The van der Waals surface area contributed by atoms with E-state index in [1.165, 1.54) is 18.2 Å². The number of methoxy groups -OCH3 is 1. The molecule has 7 heteroatoms. The van der Waals surface area contributed by atoms with E-state index in [2.05, 4.69) is 22.2 Å². The standard InChI is InChI=1S/C24H26N2O5/c1-15-10-20(31-14-23(28)30-2)8-9-21(15)25-24(29)18-12-22(27)26(13-18)19-7-6-16-4-3-5-17(16)11-19/h6-11,18H,3-5,12-14H2,1-2H3,(H,25,29). The van der Waals surface area contributed by atoms with Gasteiger partial charge in [-0.25, -0.2) is 4.79 Å². The van der Waals surface area contributed by atoms with Gasteiger partial charge in [0.1, 0.15) is 5.75 Å². The van der Waals surface area contributed by atoms with Crippen molar-refractivity contribution in [3.8, 4) is 5.75 Å². The molecule has 2 aromatic rings. The lowest BCUT2D eigenvalue weighted by Crippen LogP contribution is -2.28. The van der Waals surface area contributed by atoms with Crippen molar-refractivity contribution in [2.45, 2.75) is 32.6 Å². The molecule has 2 amide bonds. The first-order valence-corrected chi connectivity index (χ1v) is 10.5. The fraction of sp³-hybridized carbons (Fsp3) is 0.375.